The molecule has 0 saturated heterocycles. The van der Waals surface area contributed by atoms with Gasteiger partial charge in [0, 0.05) is 11.5 Å². The van der Waals surface area contributed by atoms with Crippen molar-refractivity contribution in [1.29, 1.82) is 0 Å². The Hall–Kier alpha value is -1.08. The highest BCUT2D eigenvalue weighted by Crippen LogP contribution is 2.20. The molecule has 92 valence electrons. The lowest BCUT2D eigenvalue weighted by Gasteiger charge is -2.17. The van der Waals surface area contributed by atoms with E-state index in [1.54, 1.807) is 0 Å². The minimum atomic E-state index is -0.934. The van der Waals surface area contributed by atoms with Crippen LogP contribution in [0.25, 0.3) is 0 Å². The minimum absolute atomic E-state index is 0.0386. The lowest BCUT2D eigenvalue weighted by atomic mass is 10.1. The fourth-order valence-corrected chi connectivity index (χ4v) is 1.84. The van der Waals surface area contributed by atoms with Crippen molar-refractivity contribution < 1.29 is 13.6 Å². The zero-order valence-electron chi connectivity index (χ0n) is 8.84. The number of benzene rings is 1. The van der Waals surface area contributed by atoms with Gasteiger partial charge in [-0.15, -0.1) is 0 Å². The van der Waals surface area contributed by atoms with Crippen LogP contribution in [0.5, 0.6) is 0 Å². The number of hydrogen-bond donors (Lipinski definition) is 1. The first-order chi connectivity index (χ1) is 7.82. The molecular weight excluding hydrogens is 314 g/mol. The third-order valence-corrected chi connectivity index (χ3v) is 2.55. The molecule has 7 heteroatoms. The highest BCUT2D eigenvalue weighted by atomic mass is 79.9. The third kappa shape index (κ3) is 3.44. The van der Waals surface area contributed by atoms with Gasteiger partial charge in [-0.25, -0.2) is 8.78 Å². The van der Waals surface area contributed by atoms with Gasteiger partial charge in [0.2, 0.25) is 0 Å². The van der Waals surface area contributed by atoms with E-state index in [0.29, 0.717) is 0 Å². The number of carbonyl (C=O) groups excluding carboxylic acids is 1. The molecule has 0 spiro atoms. The third-order valence-electron chi connectivity index (χ3n) is 1.96. The molecule has 0 atom stereocenters. The quantitative estimate of drug-likeness (QED) is 0.867. The van der Waals surface area contributed by atoms with Crippen LogP contribution in [0, 0.1) is 11.6 Å². The summed E-state index contributed by atoms with van der Waals surface area (Å²) in [7, 11) is 1.36. The molecule has 3 nitrogen and oxygen atoms in total. The number of thiocarbonyl (C=S) groups is 1. The summed E-state index contributed by atoms with van der Waals surface area (Å²) in [6.07, 6.45) is 0. The van der Waals surface area contributed by atoms with E-state index < -0.39 is 23.1 Å². The molecule has 0 aliphatic heterocycles. The summed E-state index contributed by atoms with van der Waals surface area (Å²) in [6.45, 7) is -0.0386. The second kappa shape index (κ2) is 5.50. The van der Waals surface area contributed by atoms with E-state index in [4.69, 9.17) is 5.73 Å². The average Bonchev–Trinajstić information content (AvgIpc) is 2.14. The molecule has 0 bridgehead atoms. The van der Waals surface area contributed by atoms with Crippen molar-refractivity contribution in [2.75, 3.05) is 13.6 Å². The molecular formula is C10H9BrF2N2OS. The van der Waals surface area contributed by atoms with Crippen molar-refractivity contribution in [1.82, 2.24) is 4.90 Å². The van der Waals surface area contributed by atoms with Crippen LogP contribution in [0.15, 0.2) is 16.6 Å². The molecule has 2 N–H and O–H groups in total. The van der Waals surface area contributed by atoms with Gasteiger partial charge in [0.25, 0.3) is 5.91 Å². The SMILES string of the molecule is CN(CC(N)=S)C(=O)c1c(F)cc(Br)cc1F. The van der Waals surface area contributed by atoms with Crippen molar-refractivity contribution in [2.45, 2.75) is 0 Å². The molecule has 0 heterocycles. The van der Waals surface area contributed by atoms with E-state index in [0.717, 1.165) is 17.0 Å². The zero-order valence-corrected chi connectivity index (χ0v) is 11.2. The van der Waals surface area contributed by atoms with Crippen LogP contribution in [0.1, 0.15) is 10.4 Å². The lowest BCUT2D eigenvalue weighted by molar-refractivity contribution is 0.0805. The molecule has 0 radical (unpaired) electrons. The first-order valence-corrected chi connectivity index (χ1v) is 5.71. The number of hydrogen-bond acceptors (Lipinski definition) is 2. The van der Waals surface area contributed by atoms with Gasteiger partial charge >= 0.3 is 0 Å². The predicted octanol–water partition coefficient (Wildman–Crippen LogP) is 2.09. The van der Waals surface area contributed by atoms with Crippen molar-refractivity contribution in [3.63, 3.8) is 0 Å². The Labute approximate surface area is 111 Å². The van der Waals surface area contributed by atoms with Crippen LogP contribution in [0.3, 0.4) is 0 Å². The second-order valence-electron chi connectivity index (χ2n) is 3.37. The molecule has 0 aliphatic rings. The van der Waals surface area contributed by atoms with Gasteiger partial charge in [0.1, 0.15) is 17.2 Å². The second-order valence-corrected chi connectivity index (χ2v) is 4.81. The van der Waals surface area contributed by atoms with E-state index >= 15 is 0 Å². The molecule has 1 aromatic carbocycles. The summed E-state index contributed by atoms with van der Waals surface area (Å²) in [5.41, 5.74) is 4.63. The number of nitrogens with zero attached hydrogens (tertiary/aromatic N) is 1. The summed E-state index contributed by atoms with van der Waals surface area (Å²) in [5.74, 6) is -2.67. The van der Waals surface area contributed by atoms with Crippen molar-refractivity contribution in [3.8, 4) is 0 Å². The van der Waals surface area contributed by atoms with E-state index in [9.17, 15) is 13.6 Å². The molecule has 1 aromatic rings. The standard InChI is InChI=1S/C10H9BrF2N2OS/c1-15(4-8(14)17)10(16)9-6(12)2-5(11)3-7(9)13/h2-3H,4H2,1H3,(H2,14,17). The van der Waals surface area contributed by atoms with Crippen LogP contribution in [-0.2, 0) is 0 Å². The van der Waals surface area contributed by atoms with Gasteiger partial charge < -0.3 is 10.6 Å². The largest absolute Gasteiger partial charge is 0.392 e. The maximum Gasteiger partial charge on any atom is 0.259 e. The molecule has 1 amide bonds. The number of amides is 1. The highest BCUT2D eigenvalue weighted by Gasteiger charge is 2.21. The fraction of sp³-hybridized carbons (Fsp3) is 0.200. The van der Waals surface area contributed by atoms with Crippen LogP contribution in [-0.4, -0.2) is 29.4 Å². The van der Waals surface area contributed by atoms with Crippen LogP contribution >= 0.6 is 28.1 Å². The Morgan fingerprint density at radius 1 is 1.47 bits per heavy atom. The number of nitrogens with two attached hydrogens (primary N) is 1. The maximum absolute atomic E-state index is 13.5. The molecule has 1 rings (SSSR count). The van der Waals surface area contributed by atoms with E-state index in [1.165, 1.54) is 7.05 Å². The normalized spacial score (nSPS) is 10.1. The van der Waals surface area contributed by atoms with Crippen LogP contribution < -0.4 is 5.73 Å². The monoisotopic (exact) mass is 322 g/mol. The Morgan fingerprint density at radius 3 is 2.35 bits per heavy atom. The van der Waals surface area contributed by atoms with Crippen LogP contribution in [0.2, 0.25) is 0 Å². The number of carbonyl (C=O) groups is 1. The van der Waals surface area contributed by atoms with Gasteiger partial charge in [0.15, 0.2) is 0 Å². The molecule has 0 fully saturated rings. The van der Waals surface area contributed by atoms with Crippen molar-refractivity contribution in [3.05, 3.63) is 33.8 Å². The predicted molar refractivity (Wildman–Crippen MR) is 67.8 cm³/mol. The molecule has 0 saturated carbocycles. The van der Waals surface area contributed by atoms with Crippen molar-refractivity contribution in [2.24, 2.45) is 5.73 Å². The maximum atomic E-state index is 13.5. The highest BCUT2D eigenvalue weighted by molar-refractivity contribution is 9.10. The molecule has 17 heavy (non-hydrogen) atoms. The minimum Gasteiger partial charge on any atom is -0.392 e. The number of rotatable bonds is 3. The summed E-state index contributed by atoms with van der Waals surface area (Å²) >= 11 is 7.54. The fourth-order valence-electron chi connectivity index (χ4n) is 1.24. The smallest absolute Gasteiger partial charge is 0.259 e. The van der Waals surface area contributed by atoms with Gasteiger partial charge in [-0.1, -0.05) is 28.1 Å². The van der Waals surface area contributed by atoms with Gasteiger partial charge in [-0.2, -0.15) is 0 Å². The molecule has 0 aromatic heterocycles. The summed E-state index contributed by atoms with van der Waals surface area (Å²) in [5, 5.41) is 0. The zero-order chi connectivity index (χ0) is 13.2. The number of halogens is 3. The Kier molecular flexibility index (Phi) is 4.53. The molecule has 0 aliphatic carbocycles. The van der Waals surface area contributed by atoms with Gasteiger partial charge in [-0.3, -0.25) is 4.79 Å². The van der Waals surface area contributed by atoms with E-state index in [1.807, 2.05) is 0 Å². The Morgan fingerprint density at radius 2 is 1.94 bits per heavy atom. The lowest BCUT2D eigenvalue weighted by Crippen LogP contribution is -2.35. The first kappa shape index (κ1) is 14.0. The number of likely N-dealkylation sites (N-methyl/N-ethyl adjacent to an activating group) is 1. The summed E-state index contributed by atoms with van der Waals surface area (Å²) < 4.78 is 27.2. The first-order valence-electron chi connectivity index (χ1n) is 4.51. The van der Waals surface area contributed by atoms with Gasteiger partial charge in [0.05, 0.1) is 11.5 Å². The summed E-state index contributed by atoms with van der Waals surface area (Å²) in [6, 6.07) is 2.04. The molecule has 0 unspecified atom stereocenters. The Balaban J connectivity index is 3.08. The topological polar surface area (TPSA) is 46.3 Å². The van der Waals surface area contributed by atoms with E-state index in [2.05, 4.69) is 28.1 Å². The van der Waals surface area contributed by atoms with Crippen molar-refractivity contribution >= 4 is 39.0 Å². The van der Waals surface area contributed by atoms with Crippen LogP contribution in [0.4, 0.5) is 8.78 Å². The van der Waals surface area contributed by atoms with E-state index in [-0.39, 0.29) is 16.0 Å². The van der Waals surface area contributed by atoms with Gasteiger partial charge in [-0.05, 0) is 12.1 Å². The summed E-state index contributed by atoms with van der Waals surface area (Å²) in [4.78, 5) is 12.9. The Bertz CT molecular complexity index is 458. The average molecular weight is 323 g/mol.